The molecule has 0 aromatic heterocycles. The minimum Gasteiger partial charge on any atom is -0.341 e. The average molecular weight is 329 g/mol. The Morgan fingerprint density at radius 1 is 1.04 bits per heavy atom. The molecule has 0 unspecified atom stereocenters. The maximum atomic E-state index is 13.9. The van der Waals surface area contributed by atoms with Crippen molar-refractivity contribution in [3.05, 3.63) is 71.3 Å². The lowest BCUT2D eigenvalue weighted by Crippen LogP contribution is -2.43. The van der Waals surface area contributed by atoms with Crippen LogP contribution in [0.5, 0.6) is 0 Å². The third-order valence-electron chi connectivity index (χ3n) is 4.98. The molecule has 2 aromatic rings. The number of likely N-dealkylation sites (N-methyl/N-ethyl adjacent to an activating group) is 1. The highest BCUT2D eigenvalue weighted by molar-refractivity contribution is 5.88. The molecule has 0 spiro atoms. The van der Waals surface area contributed by atoms with Crippen LogP contribution in [-0.2, 0) is 16.8 Å². The number of hydrogen-bond donors (Lipinski definition) is 0. The molecule has 0 N–H and O–H groups in total. The number of carbonyl (C=O) groups excluding carboxylic acids is 1. The van der Waals surface area contributed by atoms with E-state index in [1.165, 1.54) is 18.2 Å². The molecule has 0 heterocycles. The van der Waals surface area contributed by atoms with Crippen LogP contribution in [0, 0.1) is 11.6 Å². The van der Waals surface area contributed by atoms with Gasteiger partial charge in [0.25, 0.3) is 0 Å². The topological polar surface area (TPSA) is 20.3 Å². The van der Waals surface area contributed by atoms with Gasteiger partial charge in [0.2, 0.25) is 5.91 Å². The first-order chi connectivity index (χ1) is 11.5. The summed E-state index contributed by atoms with van der Waals surface area (Å²) in [4.78, 5) is 14.8. The van der Waals surface area contributed by atoms with E-state index in [0.717, 1.165) is 31.2 Å². The van der Waals surface area contributed by atoms with Gasteiger partial charge >= 0.3 is 0 Å². The SMILES string of the molecule is CN(Cc1ccccc1F)C(=O)C1(c2ccc(F)cc2)CCCC1. The molecule has 0 atom stereocenters. The molecule has 2 aromatic carbocycles. The van der Waals surface area contributed by atoms with Gasteiger partial charge in [0, 0.05) is 19.2 Å². The predicted molar refractivity (Wildman–Crippen MR) is 89.4 cm³/mol. The van der Waals surface area contributed by atoms with Crippen molar-refractivity contribution in [3.63, 3.8) is 0 Å². The smallest absolute Gasteiger partial charge is 0.233 e. The second-order valence-corrected chi connectivity index (χ2v) is 6.55. The van der Waals surface area contributed by atoms with Crippen molar-refractivity contribution in [2.75, 3.05) is 7.05 Å². The zero-order chi connectivity index (χ0) is 17.2. The Balaban J connectivity index is 1.87. The molecule has 3 rings (SSSR count). The zero-order valence-corrected chi connectivity index (χ0v) is 13.8. The second-order valence-electron chi connectivity index (χ2n) is 6.55. The molecular formula is C20H21F2NO. The molecule has 126 valence electrons. The summed E-state index contributed by atoms with van der Waals surface area (Å²) in [7, 11) is 1.71. The summed E-state index contributed by atoms with van der Waals surface area (Å²) in [5.41, 5.74) is 0.737. The highest BCUT2D eigenvalue weighted by atomic mass is 19.1. The van der Waals surface area contributed by atoms with Gasteiger partial charge in [0.05, 0.1) is 5.41 Å². The summed E-state index contributed by atoms with van der Waals surface area (Å²) in [5, 5.41) is 0. The summed E-state index contributed by atoms with van der Waals surface area (Å²) in [6.07, 6.45) is 3.44. The van der Waals surface area contributed by atoms with E-state index in [9.17, 15) is 13.6 Å². The maximum Gasteiger partial charge on any atom is 0.233 e. The monoisotopic (exact) mass is 329 g/mol. The van der Waals surface area contributed by atoms with Crippen molar-refractivity contribution < 1.29 is 13.6 Å². The third-order valence-corrected chi connectivity index (χ3v) is 4.98. The molecule has 2 nitrogen and oxygen atoms in total. The summed E-state index contributed by atoms with van der Waals surface area (Å²) >= 11 is 0. The molecule has 0 aliphatic heterocycles. The van der Waals surface area contributed by atoms with Crippen molar-refractivity contribution >= 4 is 5.91 Å². The van der Waals surface area contributed by atoms with Crippen molar-refractivity contribution in [3.8, 4) is 0 Å². The normalized spacial score (nSPS) is 16.1. The molecule has 4 heteroatoms. The van der Waals surface area contributed by atoms with Crippen LogP contribution in [-0.4, -0.2) is 17.9 Å². The highest BCUT2D eigenvalue weighted by Crippen LogP contribution is 2.42. The van der Waals surface area contributed by atoms with E-state index in [-0.39, 0.29) is 24.1 Å². The van der Waals surface area contributed by atoms with Crippen molar-refractivity contribution in [2.24, 2.45) is 0 Å². The van der Waals surface area contributed by atoms with Gasteiger partial charge in [-0.15, -0.1) is 0 Å². The molecular weight excluding hydrogens is 308 g/mol. The number of amides is 1. The summed E-state index contributed by atoms with van der Waals surface area (Å²) in [6, 6.07) is 12.7. The zero-order valence-electron chi connectivity index (χ0n) is 13.8. The molecule has 0 saturated heterocycles. The highest BCUT2D eigenvalue weighted by Gasteiger charge is 2.44. The van der Waals surface area contributed by atoms with Gasteiger partial charge in [-0.1, -0.05) is 43.2 Å². The van der Waals surface area contributed by atoms with E-state index >= 15 is 0 Å². The van der Waals surface area contributed by atoms with E-state index in [0.29, 0.717) is 5.56 Å². The number of nitrogens with zero attached hydrogens (tertiary/aromatic N) is 1. The fraction of sp³-hybridized carbons (Fsp3) is 0.350. The van der Waals surface area contributed by atoms with Crippen molar-refractivity contribution in [1.29, 1.82) is 0 Å². The van der Waals surface area contributed by atoms with Gasteiger partial charge in [-0.25, -0.2) is 8.78 Å². The first-order valence-corrected chi connectivity index (χ1v) is 8.28. The fourth-order valence-corrected chi connectivity index (χ4v) is 3.69. The summed E-state index contributed by atoms with van der Waals surface area (Å²) in [6.45, 7) is 0.231. The Morgan fingerprint density at radius 3 is 2.29 bits per heavy atom. The second kappa shape index (κ2) is 6.71. The van der Waals surface area contributed by atoms with Crippen LogP contribution in [0.2, 0.25) is 0 Å². The van der Waals surface area contributed by atoms with Crippen LogP contribution in [0.1, 0.15) is 36.8 Å². The van der Waals surface area contributed by atoms with E-state index in [1.807, 2.05) is 0 Å². The van der Waals surface area contributed by atoms with E-state index in [2.05, 4.69) is 0 Å². The predicted octanol–water partition coefficient (Wildman–Crippen LogP) is 4.44. The molecule has 1 amide bonds. The number of benzene rings is 2. The Kier molecular flexibility index (Phi) is 4.65. The standard InChI is InChI=1S/C20H21F2NO/c1-23(14-15-6-2-3-7-18(15)22)19(24)20(12-4-5-13-20)16-8-10-17(21)11-9-16/h2-3,6-11H,4-5,12-14H2,1H3. The minimum absolute atomic E-state index is 0.0186. The fourth-order valence-electron chi connectivity index (χ4n) is 3.69. The molecule has 1 aliphatic rings. The van der Waals surface area contributed by atoms with Crippen molar-refractivity contribution in [1.82, 2.24) is 4.90 Å². The first-order valence-electron chi connectivity index (χ1n) is 8.28. The lowest BCUT2D eigenvalue weighted by atomic mass is 9.77. The van der Waals surface area contributed by atoms with Crippen LogP contribution in [0.4, 0.5) is 8.78 Å². The van der Waals surface area contributed by atoms with Gasteiger partial charge < -0.3 is 4.90 Å². The van der Waals surface area contributed by atoms with Crippen LogP contribution in [0.25, 0.3) is 0 Å². The lowest BCUT2D eigenvalue weighted by Gasteiger charge is -2.33. The van der Waals surface area contributed by atoms with Crippen molar-refractivity contribution in [2.45, 2.75) is 37.6 Å². The molecule has 1 saturated carbocycles. The number of hydrogen-bond acceptors (Lipinski definition) is 1. The first kappa shape index (κ1) is 16.6. The van der Waals surface area contributed by atoms with E-state index < -0.39 is 5.41 Å². The molecule has 24 heavy (non-hydrogen) atoms. The summed E-state index contributed by atoms with van der Waals surface area (Å²) < 4.78 is 27.1. The van der Waals surface area contributed by atoms with Gasteiger partial charge in [0.15, 0.2) is 0 Å². The quantitative estimate of drug-likeness (QED) is 0.812. The maximum absolute atomic E-state index is 13.9. The Labute approximate surface area is 141 Å². The summed E-state index contributed by atoms with van der Waals surface area (Å²) in [5.74, 6) is -0.631. The van der Waals surface area contributed by atoms with Crippen LogP contribution in [0.3, 0.4) is 0 Å². The van der Waals surface area contributed by atoms with E-state index in [1.54, 1.807) is 42.3 Å². The number of rotatable bonds is 4. The van der Waals surface area contributed by atoms with Gasteiger partial charge in [-0.3, -0.25) is 4.79 Å². The van der Waals surface area contributed by atoms with Crippen LogP contribution < -0.4 is 0 Å². The minimum atomic E-state index is -0.617. The number of halogens is 2. The van der Waals surface area contributed by atoms with Gasteiger partial charge in [-0.05, 0) is 36.6 Å². The lowest BCUT2D eigenvalue weighted by molar-refractivity contribution is -0.136. The third kappa shape index (κ3) is 3.05. The average Bonchev–Trinajstić information content (AvgIpc) is 3.07. The molecule has 1 fully saturated rings. The van der Waals surface area contributed by atoms with Crippen LogP contribution in [0.15, 0.2) is 48.5 Å². The molecule has 0 radical (unpaired) electrons. The molecule has 1 aliphatic carbocycles. The largest absolute Gasteiger partial charge is 0.341 e. The number of carbonyl (C=O) groups is 1. The van der Waals surface area contributed by atoms with Gasteiger partial charge in [0.1, 0.15) is 11.6 Å². The van der Waals surface area contributed by atoms with E-state index in [4.69, 9.17) is 0 Å². The van der Waals surface area contributed by atoms with Gasteiger partial charge in [-0.2, -0.15) is 0 Å². The van der Waals surface area contributed by atoms with Crippen LogP contribution >= 0.6 is 0 Å². The molecule has 0 bridgehead atoms. The Hall–Kier alpha value is -2.23. The Bertz CT molecular complexity index is 721. The Morgan fingerprint density at radius 2 is 1.67 bits per heavy atom.